The van der Waals surface area contributed by atoms with Crippen molar-refractivity contribution >= 4 is 16.7 Å². The SMILES string of the molecule is CC(C)Oc1ncc(F)c2nc(OC[C@@]34CCCN3C[C@H](F)C4)nc(N)c12. The van der Waals surface area contributed by atoms with Crippen molar-refractivity contribution in [3.63, 3.8) is 0 Å². The van der Waals surface area contributed by atoms with E-state index < -0.39 is 12.0 Å². The quantitative estimate of drug-likeness (QED) is 0.854. The minimum absolute atomic E-state index is 0.00119. The molecule has 4 rings (SSSR count). The minimum atomic E-state index is -0.851. The number of ether oxygens (including phenoxy) is 2. The third kappa shape index (κ3) is 3.24. The van der Waals surface area contributed by atoms with Gasteiger partial charge >= 0.3 is 6.01 Å². The van der Waals surface area contributed by atoms with E-state index in [9.17, 15) is 8.78 Å². The molecule has 0 aliphatic carbocycles. The zero-order valence-corrected chi connectivity index (χ0v) is 15.4. The molecule has 2 fully saturated rings. The number of aromatic nitrogens is 3. The van der Waals surface area contributed by atoms with Crippen molar-refractivity contribution in [2.45, 2.75) is 50.9 Å². The van der Waals surface area contributed by atoms with Crippen LogP contribution in [0.15, 0.2) is 6.20 Å². The zero-order valence-electron chi connectivity index (χ0n) is 15.4. The molecule has 0 radical (unpaired) electrons. The van der Waals surface area contributed by atoms with Gasteiger partial charge < -0.3 is 15.2 Å². The Bertz CT molecular complexity index is 865. The van der Waals surface area contributed by atoms with Gasteiger partial charge in [-0.2, -0.15) is 9.97 Å². The first kappa shape index (κ1) is 18.1. The number of anilines is 1. The number of nitrogens with two attached hydrogens (primary N) is 1. The lowest BCUT2D eigenvalue weighted by molar-refractivity contribution is 0.107. The van der Waals surface area contributed by atoms with Gasteiger partial charge in [-0.1, -0.05) is 0 Å². The Hall–Kier alpha value is -2.29. The van der Waals surface area contributed by atoms with E-state index in [1.54, 1.807) is 0 Å². The first-order chi connectivity index (χ1) is 12.9. The summed E-state index contributed by atoms with van der Waals surface area (Å²) in [4.78, 5) is 14.4. The summed E-state index contributed by atoms with van der Waals surface area (Å²) >= 11 is 0. The van der Waals surface area contributed by atoms with Gasteiger partial charge in [-0.3, -0.25) is 4.90 Å². The Kier molecular flexibility index (Phi) is 4.49. The summed E-state index contributed by atoms with van der Waals surface area (Å²) in [7, 11) is 0. The fourth-order valence-electron chi connectivity index (χ4n) is 4.11. The molecular formula is C18H23F2N5O2. The van der Waals surface area contributed by atoms with Crippen LogP contribution in [0.5, 0.6) is 11.9 Å². The smallest absolute Gasteiger partial charge is 0.319 e. The van der Waals surface area contributed by atoms with Crippen molar-refractivity contribution in [1.29, 1.82) is 0 Å². The van der Waals surface area contributed by atoms with Crippen molar-refractivity contribution in [1.82, 2.24) is 19.9 Å². The molecule has 7 nitrogen and oxygen atoms in total. The molecule has 2 aliphatic heterocycles. The second-order valence-electron chi connectivity index (χ2n) is 7.56. The maximum Gasteiger partial charge on any atom is 0.319 e. The molecule has 0 spiro atoms. The van der Waals surface area contributed by atoms with Gasteiger partial charge in [-0.25, -0.2) is 13.8 Å². The Morgan fingerprint density at radius 1 is 1.41 bits per heavy atom. The van der Waals surface area contributed by atoms with Gasteiger partial charge in [-0.15, -0.1) is 0 Å². The number of nitrogens with zero attached hydrogens (tertiary/aromatic N) is 4. The van der Waals surface area contributed by atoms with Crippen molar-refractivity contribution in [2.75, 3.05) is 25.4 Å². The summed E-state index contributed by atoms with van der Waals surface area (Å²) < 4.78 is 39.5. The van der Waals surface area contributed by atoms with Crippen LogP contribution in [-0.4, -0.2) is 57.4 Å². The molecule has 0 bridgehead atoms. The average molecular weight is 379 g/mol. The van der Waals surface area contributed by atoms with Crippen LogP contribution in [0, 0.1) is 5.82 Å². The Balaban J connectivity index is 1.63. The number of rotatable bonds is 5. The third-order valence-electron chi connectivity index (χ3n) is 5.23. The van der Waals surface area contributed by atoms with Crippen LogP contribution in [0.25, 0.3) is 10.9 Å². The van der Waals surface area contributed by atoms with Gasteiger partial charge in [0.2, 0.25) is 5.88 Å². The molecule has 27 heavy (non-hydrogen) atoms. The second kappa shape index (κ2) is 6.70. The van der Waals surface area contributed by atoms with E-state index in [1.807, 2.05) is 13.8 Å². The Labute approximate surface area is 155 Å². The van der Waals surface area contributed by atoms with E-state index in [-0.39, 0.29) is 46.9 Å². The maximum absolute atomic E-state index is 14.3. The van der Waals surface area contributed by atoms with Crippen molar-refractivity contribution in [3.05, 3.63) is 12.0 Å². The van der Waals surface area contributed by atoms with Crippen LogP contribution in [-0.2, 0) is 0 Å². The van der Waals surface area contributed by atoms with Gasteiger partial charge in [0.05, 0.1) is 17.8 Å². The summed E-state index contributed by atoms with van der Waals surface area (Å²) in [6.07, 6.45) is 2.33. The van der Waals surface area contributed by atoms with Crippen LogP contribution >= 0.6 is 0 Å². The highest BCUT2D eigenvalue weighted by Gasteiger charge is 2.49. The van der Waals surface area contributed by atoms with Gasteiger partial charge in [-0.05, 0) is 33.2 Å². The van der Waals surface area contributed by atoms with Crippen LogP contribution < -0.4 is 15.2 Å². The topological polar surface area (TPSA) is 86.4 Å². The molecule has 0 aromatic carbocycles. The maximum atomic E-state index is 14.3. The van der Waals surface area contributed by atoms with Crippen LogP contribution in [0.3, 0.4) is 0 Å². The zero-order chi connectivity index (χ0) is 19.2. The number of halogens is 2. The lowest BCUT2D eigenvalue weighted by Gasteiger charge is -2.30. The number of alkyl halides is 1. The van der Waals surface area contributed by atoms with Crippen LogP contribution in [0.4, 0.5) is 14.6 Å². The molecule has 9 heteroatoms. The molecule has 2 atom stereocenters. The van der Waals surface area contributed by atoms with E-state index in [1.165, 1.54) is 0 Å². The van der Waals surface area contributed by atoms with Gasteiger partial charge in [0.15, 0.2) is 5.82 Å². The molecule has 2 aliphatic rings. The summed E-state index contributed by atoms with van der Waals surface area (Å²) in [6.45, 7) is 5.21. The highest BCUT2D eigenvalue weighted by molar-refractivity contribution is 5.92. The summed E-state index contributed by atoms with van der Waals surface area (Å²) in [5.74, 6) is -0.416. The van der Waals surface area contributed by atoms with E-state index in [2.05, 4.69) is 19.9 Å². The lowest BCUT2D eigenvalue weighted by atomic mass is 9.95. The lowest BCUT2D eigenvalue weighted by Crippen LogP contribution is -2.43. The van der Waals surface area contributed by atoms with Crippen molar-refractivity contribution in [2.24, 2.45) is 0 Å². The van der Waals surface area contributed by atoms with Crippen LogP contribution in [0.1, 0.15) is 33.1 Å². The number of nitrogen functional groups attached to an aromatic ring is 1. The normalized spacial score (nSPS) is 25.3. The predicted molar refractivity (Wildman–Crippen MR) is 96.0 cm³/mol. The summed E-state index contributed by atoms with van der Waals surface area (Å²) in [5, 5.41) is 0.224. The molecular weight excluding hydrogens is 356 g/mol. The molecule has 2 saturated heterocycles. The fourth-order valence-corrected chi connectivity index (χ4v) is 4.11. The Morgan fingerprint density at radius 2 is 2.22 bits per heavy atom. The highest BCUT2D eigenvalue weighted by Crippen LogP contribution is 2.40. The first-order valence-corrected chi connectivity index (χ1v) is 9.18. The molecule has 0 saturated carbocycles. The van der Waals surface area contributed by atoms with E-state index >= 15 is 0 Å². The molecule has 2 N–H and O–H groups in total. The second-order valence-corrected chi connectivity index (χ2v) is 7.56. The Morgan fingerprint density at radius 3 is 3.00 bits per heavy atom. The van der Waals surface area contributed by atoms with Gasteiger partial charge in [0, 0.05) is 13.0 Å². The van der Waals surface area contributed by atoms with Crippen molar-refractivity contribution < 1.29 is 18.3 Å². The third-order valence-corrected chi connectivity index (χ3v) is 5.23. The summed E-state index contributed by atoms with van der Waals surface area (Å²) in [6, 6.07) is -0.0240. The average Bonchev–Trinajstić information content (AvgIpc) is 3.11. The number of fused-ring (bicyclic) bond motifs is 2. The largest absolute Gasteiger partial charge is 0.474 e. The van der Waals surface area contributed by atoms with Crippen molar-refractivity contribution in [3.8, 4) is 11.9 Å². The summed E-state index contributed by atoms with van der Waals surface area (Å²) in [5.41, 5.74) is 5.69. The molecule has 0 amide bonds. The fraction of sp³-hybridized carbons (Fsp3) is 0.611. The molecule has 0 unspecified atom stereocenters. The van der Waals surface area contributed by atoms with E-state index in [0.717, 1.165) is 25.6 Å². The van der Waals surface area contributed by atoms with Crippen LogP contribution in [0.2, 0.25) is 0 Å². The first-order valence-electron chi connectivity index (χ1n) is 9.18. The standard InChI is InChI=1S/C18H23F2N5O2/c1-10(2)27-16-13-14(12(20)7-22-16)23-17(24-15(13)21)26-9-18-4-3-5-25(18)8-11(19)6-18/h7,10-11H,3-6,8-9H2,1-2H3,(H2,21,23,24)/t11-,18+/m1/s1. The monoisotopic (exact) mass is 379 g/mol. The molecule has 4 heterocycles. The minimum Gasteiger partial charge on any atom is -0.474 e. The molecule has 146 valence electrons. The van der Waals surface area contributed by atoms with Gasteiger partial charge in [0.1, 0.15) is 29.5 Å². The number of hydrogen-bond acceptors (Lipinski definition) is 7. The molecule has 2 aromatic heterocycles. The predicted octanol–water partition coefficient (Wildman–Crippen LogP) is 2.49. The van der Waals surface area contributed by atoms with Gasteiger partial charge in [0.25, 0.3) is 0 Å². The number of pyridine rings is 1. The van der Waals surface area contributed by atoms with E-state index in [0.29, 0.717) is 13.0 Å². The number of hydrogen-bond donors (Lipinski definition) is 1. The molecule has 2 aromatic rings. The highest BCUT2D eigenvalue weighted by atomic mass is 19.1. The van der Waals surface area contributed by atoms with E-state index in [4.69, 9.17) is 15.2 Å².